The zero-order valence-electron chi connectivity index (χ0n) is 21.2. The van der Waals surface area contributed by atoms with Gasteiger partial charge in [0.1, 0.15) is 5.82 Å². The summed E-state index contributed by atoms with van der Waals surface area (Å²) in [5, 5.41) is 0. The van der Waals surface area contributed by atoms with Gasteiger partial charge in [-0.3, -0.25) is 4.79 Å². The van der Waals surface area contributed by atoms with E-state index in [-0.39, 0.29) is 17.5 Å². The van der Waals surface area contributed by atoms with Gasteiger partial charge in [0.15, 0.2) is 5.78 Å². The maximum absolute atomic E-state index is 15.1. The molecule has 0 amide bonds. The maximum Gasteiger partial charge on any atom is 0.267 e. The molecule has 0 bridgehead atoms. The van der Waals surface area contributed by atoms with Gasteiger partial charge in [-0.15, -0.1) is 0 Å². The second-order valence-electron chi connectivity index (χ2n) is 10.8. The highest BCUT2D eigenvalue weighted by Crippen LogP contribution is 2.45. The molecule has 0 unspecified atom stereocenters. The van der Waals surface area contributed by atoms with Crippen LogP contribution in [0, 0.1) is 23.6 Å². The summed E-state index contributed by atoms with van der Waals surface area (Å²) in [4.78, 5) is 12.0. The predicted molar refractivity (Wildman–Crippen MR) is 136 cm³/mol. The summed E-state index contributed by atoms with van der Waals surface area (Å²) < 4.78 is 42.3. The Balaban J connectivity index is 1.40. The Morgan fingerprint density at radius 3 is 2.00 bits per heavy atom. The minimum Gasteiger partial charge on any atom is -0.294 e. The minimum atomic E-state index is -3.03. The van der Waals surface area contributed by atoms with E-state index in [4.69, 9.17) is 0 Å². The fourth-order valence-electron chi connectivity index (χ4n) is 6.68. The molecule has 2 aliphatic rings. The Kier molecular flexibility index (Phi) is 8.73. The molecule has 2 aliphatic carbocycles. The number of carbonyl (C=O) groups excluding carboxylic acids is 1. The van der Waals surface area contributed by atoms with Crippen LogP contribution in [-0.2, 0) is 0 Å². The van der Waals surface area contributed by atoms with Gasteiger partial charge in [0, 0.05) is 17.5 Å². The SMILES string of the molecule is CCCC1CCC(C2CCC(c3ccc(-c4ccc(C(=O)CC)c(C(F)F)c4F)cc3)CC2)CC1. The van der Waals surface area contributed by atoms with Crippen LogP contribution in [0.1, 0.15) is 118 Å². The Morgan fingerprint density at radius 1 is 0.857 bits per heavy atom. The molecular formula is C31H39F3O. The van der Waals surface area contributed by atoms with Crippen molar-refractivity contribution in [3.8, 4) is 11.1 Å². The van der Waals surface area contributed by atoms with E-state index in [2.05, 4.69) is 6.92 Å². The number of alkyl halides is 2. The lowest BCUT2D eigenvalue weighted by Gasteiger charge is -2.38. The molecular weight excluding hydrogens is 445 g/mol. The maximum atomic E-state index is 15.1. The Labute approximate surface area is 208 Å². The lowest BCUT2D eigenvalue weighted by atomic mass is 9.68. The van der Waals surface area contributed by atoms with Crippen LogP contribution < -0.4 is 0 Å². The summed E-state index contributed by atoms with van der Waals surface area (Å²) in [6, 6.07) is 10.5. The summed E-state index contributed by atoms with van der Waals surface area (Å²) >= 11 is 0. The average Bonchev–Trinajstić information content (AvgIpc) is 2.88. The van der Waals surface area contributed by atoms with E-state index in [0.717, 1.165) is 17.8 Å². The zero-order chi connectivity index (χ0) is 24.9. The molecule has 0 N–H and O–H groups in total. The lowest BCUT2D eigenvalue weighted by molar-refractivity contribution is 0.0971. The Hall–Kier alpha value is -2.10. The molecule has 0 aliphatic heterocycles. The van der Waals surface area contributed by atoms with Gasteiger partial charge in [-0.25, -0.2) is 13.2 Å². The molecule has 0 radical (unpaired) electrons. The molecule has 2 aromatic rings. The van der Waals surface area contributed by atoms with Gasteiger partial charge in [0.25, 0.3) is 6.43 Å². The van der Waals surface area contributed by atoms with E-state index in [1.807, 2.05) is 24.3 Å². The molecule has 2 saturated carbocycles. The van der Waals surface area contributed by atoms with Crippen LogP contribution in [0.25, 0.3) is 11.1 Å². The van der Waals surface area contributed by atoms with Crippen molar-refractivity contribution in [3.05, 3.63) is 58.9 Å². The molecule has 0 heterocycles. The molecule has 0 spiro atoms. The zero-order valence-corrected chi connectivity index (χ0v) is 21.2. The average molecular weight is 485 g/mol. The van der Waals surface area contributed by atoms with E-state index in [0.29, 0.717) is 11.5 Å². The van der Waals surface area contributed by atoms with E-state index in [1.54, 1.807) is 6.92 Å². The van der Waals surface area contributed by atoms with Gasteiger partial charge in [-0.05, 0) is 73.3 Å². The normalized spacial score (nSPS) is 25.1. The molecule has 190 valence electrons. The number of hydrogen-bond donors (Lipinski definition) is 0. The summed E-state index contributed by atoms with van der Waals surface area (Å²) in [5.74, 6) is 1.78. The summed E-state index contributed by atoms with van der Waals surface area (Å²) in [6.45, 7) is 3.88. The second-order valence-corrected chi connectivity index (χ2v) is 10.8. The number of halogens is 3. The lowest BCUT2D eigenvalue weighted by Crippen LogP contribution is -2.25. The van der Waals surface area contributed by atoms with Crippen LogP contribution in [0.3, 0.4) is 0 Å². The van der Waals surface area contributed by atoms with Gasteiger partial charge in [-0.2, -0.15) is 0 Å². The molecule has 4 rings (SSSR count). The quantitative estimate of drug-likeness (QED) is 0.341. The van der Waals surface area contributed by atoms with Crippen molar-refractivity contribution in [1.82, 2.24) is 0 Å². The number of rotatable bonds is 8. The molecule has 2 fully saturated rings. The second kappa shape index (κ2) is 11.8. The smallest absolute Gasteiger partial charge is 0.267 e. The molecule has 0 saturated heterocycles. The third kappa shape index (κ3) is 5.84. The van der Waals surface area contributed by atoms with Crippen molar-refractivity contribution in [3.63, 3.8) is 0 Å². The summed E-state index contributed by atoms with van der Waals surface area (Å²) in [7, 11) is 0. The van der Waals surface area contributed by atoms with Gasteiger partial charge >= 0.3 is 0 Å². The van der Waals surface area contributed by atoms with Crippen molar-refractivity contribution in [2.24, 2.45) is 17.8 Å². The third-order valence-corrected chi connectivity index (χ3v) is 8.74. The van der Waals surface area contributed by atoms with Crippen LogP contribution in [0.4, 0.5) is 13.2 Å². The van der Waals surface area contributed by atoms with Crippen LogP contribution in [0.15, 0.2) is 36.4 Å². The first-order valence-corrected chi connectivity index (χ1v) is 13.7. The highest BCUT2D eigenvalue weighted by atomic mass is 19.3. The first-order valence-electron chi connectivity index (χ1n) is 13.7. The van der Waals surface area contributed by atoms with Crippen LogP contribution in [0.2, 0.25) is 0 Å². The van der Waals surface area contributed by atoms with Crippen molar-refractivity contribution in [1.29, 1.82) is 0 Å². The highest BCUT2D eigenvalue weighted by molar-refractivity contribution is 5.98. The Bertz CT molecular complexity index is 981. The topological polar surface area (TPSA) is 17.1 Å². The van der Waals surface area contributed by atoms with Crippen LogP contribution in [0.5, 0.6) is 0 Å². The van der Waals surface area contributed by atoms with Gasteiger partial charge in [-0.1, -0.05) is 75.9 Å². The summed E-state index contributed by atoms with van der Waals surface area (Å²) in [5.41, 5.74) is 0.964. The van der Waals surface area contributed by atoms with E-state index >= 15 is 4.39 Å². The molecule has 2 aromatic carbocycles. The van der Waals surface area contributed by atoms with Gasteiger partial charge in [0.05, 0.1) is 5.56 Å². The van der Waals surface area contributed by atoms with Crippen molar-refractivity contribution >= 4 is 5.78 Å². The first kappa shape index (κ1) is 26.0. The van der Waals surface area contributed by atoms with Crippen LogP contribution >= 0.6 is 0 Å². The number of Topliss-reactive ketones (excluding diaryl/α,β-unsaturated/α-hetero) is 1. The van der Waals surface area contributed by atoms with Gasteiger partial charge in [0.2, 0.25) is 0 Å². The van der Waals surface area contributed by atoms with Crippen LogP contribution in [-0.4, -0.2) is 5.78 Å². The fraction of sp³-hybridized carbons (Fsp3) is 0.581. The minimum absolute atomic E-state index is 0.0651. The largest absolute Gasteiger partial charge is 0.294 e. The van der Waals surface area contributed by atoms with Crippen molar-refractivity contribution in [2.45, 2.75) is 96.8 Å². The standard InChI is InChI=1S/C31H39F3O/c1-3-5-20-6-8-21(9-7-20)22-10-12-23(13-11-22)24-14-16-25(17-15-24)26-18-19-27(28(35)4-2)29(30(26)32)31(33)34/h14-23,31H,3-13H2,1-2H3. The Morgan fingerprint density at radius 2 is 1.46 bits per heavy atom. The summed E-state index contributed by atoms with van der Waals surface area (Å²) in [6.07, 6.45) is 10.3. The molecule has 35 heavy (non-hydrogen) atoms. The molecule has 1 nitrogen and oxygen atoms in total. The monoisotopic (exact) mass is 484 g/mol. The number of benzene rings is 2. The predicted octanol–water partition coefficient (Wildman–Crippen LogP) is 9.90. The molecule has 0 aromatic heterocycles. The molecule has 0 atom stereocenters. The first-order chi connectivity index (χ1) is 16.9. The van der Waals surface area contributed by atoms with Crippen molar-refractivity contribution in [2.75, 3.05) is 0 Å². The molecule has 4 heteroatoms. The van der Waals surface area contributed by atoms with Gasteiger partial charge < -0.3 is 0 Å². The van der Waals surface area contributed by atoms with E-state index in [9.17, 15) is 13.6 Å². The third-order valence-electron chi connectivity index (χ3n) is 8.74. The van der Waals surface area contributed by atoms with E-state index < -0.39 is 23.6 Å². The van der Waals surface area contributed by atoms with E-state index in [1.165, 1.54) is 81.9 Å². The fourth-order valence-corrected chi connectivity index (χ4v) is 6.68. The number of carbonyl (C=O) groups is 1. The number of ketones is 1. The highest BCUT2D eigenvalue weighted by Gasteiger charge is 2.31. The number of hydrogen-bond acceptors (Lipinski definition) is 1. The van der Waals surface area contributed by atoms with Crippen molar-refractivity contribution < 1.29 is 18.0 Å².